The van der Waals surface area contributed by atoms with Crippen LogP contribution in [0.5, 0.6) is 11.5 Å². The summed E-state index contributed by atoms with van der Waals surface area (Å²) in [7, 11) is 1.53. The quantitative estimate of drug-likeness (QED) is 0.475. The van der Waals surface area contributed by atoms with Crippen LogP contribution in [0.4, 0.5) is 5.69 Å². The Kier molecular flexibility index (Phi) is 5.51. The Morgan fingerprint density at radius 1 is 1.25 bits per heavy atom. The largest absolute Gasteiger partial charge is 0.496 e. The van der Waals surface area contributed by atoms with E-state index in [1.54, 1.807) is 18.2 Å². The average molecular weight is 329 g/mol. The highest BCUT2D eigenvalue weighted by Crippen LogP contribution is 2.24. The lowest BCUT2D eigenvalue weighted by molar-refractivity contribution is -0.384. The molecule has 7 nitrogen and oxygen atoms in total. The van der Waals surface area contributed by atoms with Crippen molar-refractivity contribution in [2.45, 2.75) is 6.61 Å². The number of carbonyl (C=O) groups is 1. The molecule has 0 saturated carbocycles. The molecule has 2 aromatic rings. The average Bonchev–Trinajstić information content (AvgIpc) is 2.58. The van der Waals surface area contributed by atoms with Gasteiger partial charge in [0, 0.05) is 23.8 Å². The second-order valence-electron chi connectivity index (χ2n) is 4.78. The smallest absolute Gasteiger partial charge is 0.328 e. The third-order valence-corrected chi connectivity index (χ3v) is 3.16. The predicted octanol–water partition coefficient (Wildman–Crippen LogP) is 3.28. The predicted molar refractivity (Wildman–Crippen MR) is 87.1 cm³/mol. The molecule has 0 saturated heterocycles. The Bertz CT molecular complexity index is 767. The highest BCUT2D eigenvalue weighted by Gasteiger charge is 2.07. The van der Waals surface area contributed by atoms with E-state index in [9.17, 15) is 14.9 Å². The number of carboxylic acid groups (broad SMARTS) is 1. The minimum Gasteiger partial charge on any atom is -0.496 e. The zero-order chi connectivity index (χ0) is 17.5. The van der Waals surface area contributed by atoms with Crippen LogP contribution in [-0.2, 0) is 11.4 Å². The van der Waals surface area contributed by atoms with Gasteiger partial charge in [0.2, 0.25) is 0 Å². The molecule has 0 atom stereocenters. The van der Waals surface area contributed by atoms with Crippen LogP contribution in [0.15, 0.2) is 48.5 Å². The summed E-state index contributed by atoms with van der Waals surface area (Å²) < 4.78 is 10.9. The van der Waals surface area contributed by atoms with Gasteiger partial charge in [-0.15, -0.1) is 0 Å². The van der Waals surface area contributed by atoms with Crippen molar-refractivity contribution in [2.75, 3.05) is 7.11 Å². The summed E-state index contributed by atoms with van der Waals surface area (Å²) in [4.78, 5) is 20.7. The normalized spacial score (nSPS) is 10.5. The Morgan fingerprint density at radius 3 is 2.54 bits per heavy atom. The second kappa shape index (κ2) is 7.77. The molecule has 24 heavy (non-hydrogen) atoms. The summed E-state index contributed by atoms with van der Waals surface area (Å²) in [6.07, 6.45) is 2.51. The van der Waals surface area contributed by atoms with E-state index >= 15 is 0 Å². The van der Waals surface area contributed by atoms with Gasteiger partial charge in [0.25, 0.3) is 5.69 Å². The molecule has 0 radical (unpaired) electrons. The standard InChI is InChI=1S/C17H15NO6/c1-23-16-8-2-12(3-9-17(19)20)10-13(16)11-24-15-6-4-14(5-7-15)18(21)22/h2-10H,11H2,1H3,(H,19,20)/b9-3+. The number of nitro groups is 1. The molecule has 1 N–H and O–H groups in total. The summed E-state index contributed by atoms with van der Waals surface area (Å²) in [6.45, 7) is 0.176. The maximum Gasteiger partial charge on any atom is 0.328 e. The maximum absolute atomic E-state index is 10.6. The fourth-order valence-electron chi connectivity index (χ4n) is 2.01. The Labute approximate surface area is 137 Å². The molecule has 0 aliphatic heterocycles. The van der Waals surface area contributed by atoms with E-state index in [0.717, 1.165) is 11.6 Å². The van der Waals surface area contributed by atoms with Crippen molar-refractivity contribution < 1.29 is 24.3 Å². The first-order valence-corrected chi connectivity index (χ1v) is 6.95. The van der Waals surface area contributed by atoms with Crippen LogP contribution in [0.3, 0.4) is 0 Å². The third kappa shape index (κ3) is 4.57. The van der Waals surface area contributed by atoms with Crippen molar-refractivity contribution in [1.29, 1.82) is 0 Å². The molecule has 0 aliphatic rings. The van der Waals surface area contributed by atoms with Crippen LogP contribution >= 0.6 is 0 Å². The molecule has 0 spiro atoms. The summed E-state index contributed by atoms with van der Waals surface area (Å²) in [5.41, 5.74) is 1.41. The first-order chi connectivity index (χ1) is 11.5. The molecule has 0 aromatic heterocycles. The molecule has 2 aromatic carbocycles. The number of nitrogens with zero attached hydrogens (tertiary/aromatic N) is 1. The molecule has 0 amide bonds. The van der Waals surface area contributed by atoms with E-state index in [4.69, 9.17) is 14.6 Å². The van der Waals surface area contributed by atoms with Crippen LogP contribution in [0.1, 0.15) is 11.1 Å². The number of hydrogen-bond acceptors (Lipinski definition) is 5. The lowest BCUT2D eigenvalue weighted by atomic mass is 10.1. The number of hydrogen-bond donors (Lipinski definition) is 1. The van der Waals surface area contributed by atoms with Crippen LogP contribution < -0.4 is 9.47 Å². The van der Waals surface area contributed by atoms with E-state index in [2.05, 4.69) is 0 Å². The highest BCUT2D eigenvalue weighted by molar-refractivity contribution is 5.85. The van der Waals surface area contributed by atoms with E-state index in [-0.39, 0.29) is 12.3 Å². The number of carboxylic acids is 1. The zero-order valence-electron chi connectivity index (χ0n) is 12.8. The zero-order valence-corrected chi connectivity index (χ0v) is 12.8. The minimum absolute atomic E-state index is 0.0132. The van der Waals surface area contributed by atoms with Crippen molar-refractivity contribution in [3.05, 3.63) is 69.8 Å². The van der Waals surface area contributed by atoms with Crippen LogP contribution in [-0.4, -0.2) is 23.1 Å². The SMILES string of the molecule is COc1ccc(/C=C/C(=O)O)cc1COc1ccc([N+](=O)[O-])cc1. The van der Waals surface area contributed by atoms with Gasteiger partial charge < -0.3 is 14.6 Å². The third-order valence-electron chi connectivity index (χ3n) is 3.16. The number of non-ortho nitro benzene ring substituents is 1. The van der Waals surface area contributed by atoms with Gasteiger partial charge in [0.05, 0.1) is 12.0 Å². The van der Waals surface area contributed by atoms with Gasteiger partial charge in [-0.1, -0.05) is 6.07 Å². The molecule has 2 rings (SSSR count). The van der Waals surface area contributed by atoms with Gasteiger partial charge in [0.1, 0.15) is 18.1 Å². The molecule has 0 fully saturated rings. The maximum atomic E-state index is 10.6. The molecule has 7 heteroatoms. The van der Waals surface area contributed by atoms with Crippen LogP contribution in [0.2, 0.25) is 0 Å². The number of ether oxygens (including phenoxy) is 2. The van der Waals surface area contributed by atoms with Gasteiger partial charge in [-0.25, -0.2) is 4.79 Å². The molecule has 0 bridgehead atoms. The Hall–Kier alpha value is -3.35. The fourth-order valence-corrected chi connectivity index (χ4v) is 2.01. The van der Waals surface area contributed by atoms with Gasteiger partial charge in [-0.3, -0.25) is 10.1 Å². The van der Waals surface area contributed by atoms with Crippen molar-refractivity contribution in [1.82, 2.24) is 0 Å². The summed E-state index contributed by atoms with van der Waals surface area (Å²) >= 11 is 0. The summed E-state index contributed by atoms with van der Waals surface area (Å²) in [6, 6.07) is 10.9. The van der Waals surface area contributed by atoms with Crippen molar-refractivity contribution in [3.63, 3.8) is 0 Å². The number of aliphatic carboxylic acids is 1. The second-order valence-corrected chi connectivity index (χ2v) is 4.78. The van der Waals surface area contributed by atoms with E-state index in [1.807, 2.05) is 0 Å². The molecule has 0 unspecified atom stereocenters. The van der Waals surface area contributed by atoms with Crippen molar-refractivity contribution in [2.24, 2.45) is 0 Å². The first kappa shape index (κ1) is 17.0. The lowest BCUT2D eigenvalue weighted by Gasteiger charge is -2.11. The summed E-state index contributed by atoms with van der Waals surface area (Å²) in [5, 5.41) is 19.3. The number of benzene rings is 2. The number of nitro benzene ring substituents is 1. The fraction of sp³-hybridized carbons (Fsp3) is 0.118. The molecule has 0 aliphatic carbocycles. The Morgan fingerprint density at radius 2 is 1.96 bits per heavy atom. The summed E-state index contributed by atoms with van der Waals surface area (Å²) in [5.74, 6) is 0.0491. The topological polar surface area (TPSA) is 98.9 Å². The van der Waals surface area contributed by atoms with Crippen LogP contribution in [0, 0.1) is 10.1 Å². The molecular weight excluding hydrogens is 314 g/mol. The van der Waals surface area contributed by atoms with Gasteiger partial charge >= 0.3 is 5.97 Å². The molecular formula is C17H15NO6. The number of methoxy groups -OCH3 is 1. The number of rotatable bonds is 7. The first-order valence-electron chi connectivity index (χ1n) is 6.95. The van der Waals surface area contributed by atoms with Crippen LogP contribution in [0.25, 0.3) is 6.08 Å². The van der Waals surface area contributed by atoms with Gasteiger partial charge in [-0.05, 0) is 35.9 Å². The Balaban J connectivity index is 2.13. The monoisotopic (exact) mass is 329 g/mol. The highest BCUT2D eigenvalue weighted by atomic mass is 16.6. The van der Waals surface area contributed by atoms with E-state index < -0.39 is 10.9 Å². The van der Waals surface area contributed by atoms with E-state index in [1.165, 1.54) is 37.5 Å². The molecule has 0 heterocycles. The molecule has 124 valence electrons. The minimum atomic E-state index is -1.03. The van der Waals surface area contributed by atoms with Gasteiger partial charge in [0.15, 0.2) is 0 Å². The van der Waals surface area contributed by atoms with E-state index in [0.29, 0.717) is 17.1 Å². The van der Waals surface area contributed by atoms with Crippen molar-refractivity contribution >= 4 is 17.7 Å². The van der Waals surface area contributed by atoms with Crippen molar-refractivity contribution in [3.8, 4) is 11.5 Å². The lowest BCUT2D eigenvalue weighted by Crippen LogP contribution is -1.99. The van der Waals surface area contributed by atoms with Gasteiger partial charge in [-0.2, -0.15) is 0 Å².